The second-order valence-corrected chi connectivity index (χ2v) is 5.66. The van der Waals surface area contributed by atoms with Crippen LogP contribution in [0.25, 0.3) is 0 Å². The quantitative estimate of drug-likeness (QED) is 0.883. The van der Waals surface area contributed by atoms with Gasteiger partial charge in [-0.2, -0.15) is 0 Å². The molecule has 0 aromatic heterocycles. The molecule has 1 aliphatic heterocycles. The number of methoxy groups -OCH3 is 1. The van der Waals surface area contributed by atoms with Gasteiger partial charge in [0, 0.05) is 18.7 Å². The number of phenolic OH excluding ortho intramolecular Hbond substituents is 1. The average Bonchev–Trinajstić information content (AvgIpc) is 2.85. The van der Waals surface area contributed by atoms with Crippen molar-refractivity contribution in [3.63, 3.8) is 0 Å². The van der Waals surface area contributed by atoms with E-state index < -0.39 is 0 Å². The Kier molecular flexibility index (Phi) is 4.35. The number of nitrogens with zero attached hydrogens (tertiary/aromatic N) is 1. The van der Waals surface area contributed by atoms with E-state index in [1.165, 1.54) is 19.3 Å². The van der Waals surface area contributed by atoms with Crippen LogP contribution in [0.3, 0.4) is 0 Å². The highest BCUT2D eigenvalue weighted by molar-refractivity contribution is 5.39. The monoisotopic (exact) mass is 263 g/mol. The summed E-state index contributed by atoms with van der Waals surface area (Å²) >= 11 is 0. The maximum atomic E-state index is 9.95. The lowest BCUT2D eigenvalue weighted by Gasteiger charge is -2.26. The fourth-order valence-electron chi connectivity index (χ4n) is 3.05. The Balaban J connectivity index is 2.06. The van der Waals surface area contributed by atoms with E-state index in [9.17, 15) is 5.11 Å². The van der Waals surface area contributed by atoms with Gasteiger partial charge in [0.05, 0.1) is 7.11 Å². The summed E-state index contributed by atoms with van der Waals surface area (Å²) in [6.45, 7) is 7.64. The highest BCUT2D eigenvalue weighted by Gasteiger charge is 2.34. The van der Waals surface area contributed by atoms with Crippen LogP contribution in [0.1, 0.15) is 38.7 Å². The summed E-state index contributed by atoms with van der Waals surface area (Å²) < 4.78 is 5.23. The predicted octanol–water partition coefficient (Wildman–Crippen LogP) is 3.41. The predicted molar refractivity (Wildman–Crippen MR) is 77.6 cm³/mol. The van der Waals surface area contributed by atoms with Crippen LogP contribution in [0.15, 0.2) is 18.2 Å². The minimum atomic E-state index is 0.367. The summed E-state index contributed by atoms with van der Waals surface area (Å²) in [5.41, 5.74) is 1.44. The van der Waals surface area contributed by atoms with Crippen LogP contribution in [0.4, 0.5) is 0 Å². The van der Waals surface area contributed by atoms with Crippen LogP contribution < -0.4 is 4.74 Å². The maximum absolute atomic E-state index is 9.95. The summed E-state index contributed by atoms with van der Waals surface area (Å²) in [4.78, 5) is 2.45. The van der Waals surface area contributed by atoms with Crippen molar-refractivity contribution >= 4 is 0 Å². The van der Waals surface area contributed by atoms with Crippen molar-refractivity contribution in [1.29, 1.82) is 0 Å². The standard InChI is InChI=1S/C16H25NO2/c1-4-16(5-2)8-9-17(12-16)11-13-10-14(19-3)6-7-15(13)18/h6-7,10,18H,4-5,8-9,11-12H2,1-3H3. The first kappa shape index (κ1) is 14.2. The van der Waals surface area contributed by atoms with E-state index >= 15 is 0 Å². The number of rotatable bonds is 5. The van der Waals surface area contributed by atoms with Crippen LogP contribution in [-0.4, -0.2) is 30.2 Å². The Hall–Kier alpha value is -1.22. The molecule has 0 aliphatic carbocycles. The highest BCUT2D eigenvalue weighted by atomic mass is 16.5. The number of hydrogen-bond acceptors (Lipinski definition) is 3. The molecular weight excluding hydrogens is 238 g/mol. The number of ether oxygens (including phenoxy) is 1. The summed E-state index contributed by atoms with van der Waals surface area (Å²) in [7, 11) is 1.66. The second kappa shape index (κ2) is 5.83. The fourth-order valence-corrected chi connectivity index (χ4v) is 3.05. The van der Waals surface area contributed by atoms with Crippen LogP contribution >= 0.6 is 0 Å². The molecule has 1 heterocycles. The Morgan fingerprint density at radius 2 is 2.05 bits per heavy atom. The van der Waals surface area contributed by atoms with Crippen molar-refractivity contribution in [2.24, 2.45) is 5.41 Å². The third-order valence-corrected chi connectivity index (χ3v) is 4.70. The molecule has 1 saturated heterocycles. The van der Waals surface area contributed by atoms with Gasteiger partial charge in [-0.3, -0.25) is 4.90 Å². The zero-order valence-electron chi connectivity index (χ0n) is 12.3. The molecule has 3 nitrogen and oxygen atoms in total. The first-order chi connectivity index (χ1) is 9.12. The molecule has 0 atom stereocenters. The van der Waals surface area contributed by atoms with Crippen molar-refractivity contribution in [3.05, 3.63) is 23.8 Å². The Labute approximate surface area is 116 Å². The van der Waals surface area contributed by atoms with Gasteiger partial charge in [0.1, 0.15) is 11.5 Å². The normalized spacial score (nSPS) is 18.7. The van der Waals surface area contributed by atoms with Crippen molar-refractivity contribution < 1.29 is 9.84 Å². The Morgan fingerprint density at radius 3 is 2.63 bits per heavy atom. The number of hydrogen-bond donors (Lipinski definition) is 1. The topological polar surface area (TPSA) is 32.7 Å². The lowest BCUT2D eigenvalue weighted by atomic mass is 9.82. The van der Waals surface area contributed by atoms with Crippen molar-refractivity contribution in [2.45, 2.75) is 39.7 Å². The van der Waals surface area contributed by atoms with E-state index in [-0.39, 0.29) is 0 Å². The van der Waals surface area contributed by atoms with Gasteiger partial charge in [-0.25, -0.2) is 0 Å². The average molecular weight is 263 g/mol. The first-order valence-electron chi connectivity index (χ1n) is 7.20. The number of phenols is 1. The van der Waals surface area contributed by atoms with E-state index in [1.54, 1.807) is 19.2 Å². The summed E-state index contributed by atoms with van der Waals surface area (Å²) in [6.07, 6.45) is 3.75. The number of likely N-dealkylation sites (tertiary alicyclic amines) is 1. The molecule has 19 heavy (non-hydrogen) atoms. The second-order valence-electron chi connectivity index (χ2n) is 5.66. The van der Waals surface area contributed by atoms with Crippen LogP contribution in [0, 0.1) is 5.41 Å². The molecule has 106 valence electrons. The highest BCUT2D eigenvalue weighted by Crippen LogP contribution is 2.38. The van der Waals surface area contributed by atoms with Crippen LogP contribution in [0.2, 0.25) is 0 Å². The molecule has 0 amide bonds. The molecule has 0 bridgehead atoms. The van der Waals surface area contributed by atoms with Gasteiger partial charge in [-0.1, -0.05) is 13.8 Å². The molecule has 1 N–H and O–H groups in total. The molecule has 2 rings (SSSR count). The lowest BCUT2D eigenvalue weighted by molar-refractivity contribution is 0.234. The SMILES string of the molecule is CCC1(CC)CCN(Cc2cc(OC)ccc2O)C1. The molecule has 1 fully saturated rings. The minimum absolute atomic E-state index is 0.367. The van der Waals surface area contributed by atoms with Gasteiger partial charge in [0.2, 0.25) is 0 Å². The van der Waals surface area contributed by atoms with E-state index in [0.29, 0.717) is 11.2 Å². The van der Waals surface area contributed by atoms with Crippen LogP contribution in [-0.2, 0) is 6.54 Å². The molecule has 0 radical (unpaired) electrons. The van der Waals surface area contributed by atoms with Gasteiger partial charge in [-0.15, -0.1) is 0 Å². The molecule has 1 aromatic rings. The summed E-state index contributed by atoms with van der Waals surface area (Å²) in [5.74, 6) is 1.18. The van der Waals surface area contributed by atoms with Crippen LogP contribution in [0.5, 0.6) is 11.5 Å². The number of benzene rings is 1. The van der Waals surface area contributed by atoms with Crippen molar-refractivity contribution in [2.75, 3.05) is 20.2 Å². The zero-order valence-corrected chi connectivity index (χ0v) is 12.3. The van der Waals surface area contributed by atoms with E-state index in [4.69, 9.17) is 4.74 Å². The van der Waals surface area contributed by atoms with Gasteiger partial charge in [0.25, 0.3) is 0 Å². The molecule has 0 unspecified atom stereocenters. The van der Waals surface area contributed by atoms with Gasteiger partial charge in [0.15, 0.2) is 0 Å². The lowest BCUT2D eigenvalue weighted by Crippen LogP contribution is -2.26. The third kappa shape index (κ3) is 3.03. The first-order valence-corrected chi connectivity index (χ1v) is 7.20. The Morgan fingerprint density at radius 1 is 1.32 bits per heavy atom. The van der Waals surface area contributed by atoms with E-state index in [1.807, 2.05) is 6.07 Å². The molecule has 1 aromatic carbocycles. The van der Waals surface area contributed by atoms with E-state index in [0.717, 1.165) is 30.9 Å². The summed E-state index contributed by atoms with van der Waals surface area (Å²) in [5, 5.41) is 9.95. The third-order valence-electron chi connectivity index (χ3n) is 4.70. The van der Waals surface area contributed by atoms with Gasteiger partial charge >= 0.3 is 0 Å². The molecule has 1 aliphatic rings. The van der Waals surface area contributed by atoms with Gasteiger partial charge in [-0.05, 0) is 49.4 Å². The van der Waals surface area contributed by atoms with Crippen molar-refractivity contribution in [1.82, 2.24) is 4.90 Å². The largest absolute Gasteiger partial charge is 0.508 e. The van der Waals surface area contributed by atoms with Crippen molar-refractivity contribution in [3.8, 4) is 11.5 Å². The Bertz CT molecular complexity index is 427. The smallest absolute Gasteiger partial charge is 0.120 e. The molecule has 3 heteroatoms. The summed E-state index contributed by atoms with van der Waals surface area (Å²) in [6, 6.07) is 5.45. The molecular formula is C16H25NO2. The number of aromatic hydroxyl groups is 1. The molecule has 0 spiro atoms. The molecule has 0 saturated carbocycles. The zero-order chi connectivity index (χ0) is 13.9. The maximum Gasteiger partial charge on any atom is 0.120 e. The minimum Gasteiger partial charge on any atom is -0.508 e. The van der Waals surface area contributed by atoms with E-state index in [2.05, 4.69) is 18.7 Å². The van der Waals surface area contributed by atoms with Gasteiger partial charge < -0.3 is 9.84 Å². The fraction of sp³-hybridized carbons (Fsp3) is 0.625.